The number of ether oxygens (including phenoxy) is 1. The number of phenolic OH excluding ortho intramolecular Hbond substituents is 1. The van der Waals surface area contributed by atoms with E-state index in [9.17, 15) is 9.90 Å². The first-order valence-corrected chi connectivity index (χ1v) is 6.22. The van der Waals surface area contributed by atoms with Crippen molar-refractivity contribution in [2.24, 2.45) is 5.41 Å². The molecule has 2 N–H and O–H groups in total. The maximum Gasteiger partial charge on any atom is 0.255 e. The van der Waals surface area contributed by atoms with Crippen LogP contribution < -0.4 is 5.32 Å². The predicted octanol–water partition coefficient (Wildman–Crippen LogP) is 1.94. The monoisotopic (exact) mass is 249 g/mol. The Bertz CT molecular complexity index is 427. The smallest absolute Gasteiger partial charge is 0.255 e. The lowest BCUT2D eigenvalue weighted by Gasteiger charge is -2.15. The van der Waals surface area contributed by atoms with E-state index in [0.29, 0.717) is 12.1 Å². The average molecular weight is 249 g/mol. The number of aromatic hydroxyl groups is 1. The molecule has 1 fully saturated rings. The molecule has 1 aliphatic carbocycles. The number of hydrogen-bond donors (Lipinski definition) is 2. The molecule has 1 aliphatic rings. The number of phenols is 1. The van der Waals surface area contributed by atoms with Crippen LogP contribution >= 0.6 is 0 Å². The molecule has 0 saturated heterocycles. The molecule has 0 heterocycles. The van der Waals surface area contributed by atoms with Gasteiger partial charge >= 0.3 is 0 Å². The Hall–Kier alpha value is -1.55. The number of carbonyl (C=O) groups excluding carboxylic acids is 1. The quantitative estimate of drug-likeness (QED) is 0.810. The molecule has 1 amide bonds. The summed E-state index contributed by atoms with van der Waals surface area (Å²) >= 11 is 0. The summed E-state index contributed by atoms with van der Waals surface area (Å²) in [5.74, 6) is -0.187. The maximum atomic E-state index is 11.9. The van der Waals surface area contributed by atoms with Gasteiger partial charge in [-0.15, -0.1) is 0 Å². The van der Waals surface area contributed by atoms with Gasteiger partial charge in [0.05, 0.1) is 5.56 Å². The standard InChI is InChI=1S/C14H19NO3/c1-18-9-8-14(6-7-14)10-15-13(17)11-4-2-3-5-12(11)16/h2-5,16H,6-10H2,1H3,(H,15,17). The highest BCUT2D eigenvalue weighted by atomic mass is 16.5. The minimum Gasteiger partial charge on any atom is -0.507 e. The Labute approximate surface area is 107 Å². The van der Waals surface area contributed by atoms with Crippen LogP contribution in [0.25, 0.3) is 0 Å². The number of para-hydroxylation sites is 1. The summed E-state index contributed by atoms with van der Waals surface area (Å²) in [5, 5.41) is 12.5. The number of amides is 1. The molecule has 0 radical (unpaired) electrons. The minimum absolute atomic E-state index is 0.0248. The highest BCUT2D eigenvalue weighted by molar-refractivity contribution is 5.96. The molecule has 0 aliphatic heterocycles. The molecule has 1 aromatic carbocycles. The molecular weight excluding hydrogens is 230 g/mol. The summed E-state index contributed by atoms with van der Waals surface area (Å²) in [6.45, 7) is 1.38. The van der Waals surface area contributed by atoms with Crippen LogP contribution in [0.3, 0.4) is 0 Å². The van der Waals surface area contributed by atoms with Gasteiger partial charge in [-0.25, -0.2) is 0 Å². The van der Waals surface area contributed by atoms with Gasteiger partial charge in [0.2, 0.25) is 0 Å². The van der Waals surface area contributed by atoms with Crippen LogP contribution in [0.2, 0.25) is 0 Å². The molecule has 0 atom stereocenters. The molecule has 0 bridgehead atoms. The fraction of sp³-hybridized carbons (Fsp3) is 0.500. The van der Waals surface area contributed by atoms with Crippen LogP contribution in [0.1, 0.15) is 29.6 Å². The third kappa shape index (κ3) is 3.01. The Morgan fingerprint density at radius 1 is 1.44 bits per heavy atom. The predicted molar refractivity (Wildman–Crippen MR) is 68.6 cm³/mol. The van der Waals surface area contributed by atoms with Crippen LogP contribution in [0.15, 0.2) is 24.3 Å². The van der Waals surface area contributed by atoms with Gasteiger partial charge in [0.1, 0.15) is 5.75 Å². The van der Waals surface area contributed by atoms with Crippen molar-refractivity contribution in [1.29, 1.82) is 0 Å². The Morgan fingerprint density at radius 3 is 2.78 bits per heavy atom. The van der Waals surface area contributed by atoms with Crippen molar-refractivity contribution in [2.75, 3.05) is 20.3 Å². The van der Waals surface area contributed by atoms with E-state index in [1.807, 2.05) is 0 Å². The molecule has 1 aromatic rings. The van der Waals surface area contributed by atoms with Crippen LogP contribution in [0.4, 0.5) is 0 Å². The SMILES string of the molecule is COCCC1(CNC(=O)c2ccccc2O)CC1. The summed E-state index contributed by atoms with van der Waals surface area (Å²) in [7, 11) is 1.69. The van der Waals surface area contributed by atoms with E-state index < -0.39 is 0 Å². The summed E-state index contributed by atoms with van der Waals surface area (Å²) in [5.41, 5.74) is 0.552. The first-order chi connectivity index (χ1) is 8.67. The fourth-order valence-corrected chi connectivity index (χ4v) is 2.04. The number of nitrogens with one attached hydrogen (secondary N) is 1. The molecular formula is C14H19NO3. The Morgan fingerprint density at radius 2 is 2.17 bits per heavy atom. The van der Waals surface area contributed by atoms with Gasteiger partial charge in [-0.3, -0.25) is 4.79 Å². The van der Waals surface area contributed by atoms with E-state index in [-0.39, 0.29) is 17.1 Å². The number of hydrogen-bond acceptors (Lipinski definition) is 3. The summed E-state index contributed by atoms with van der Waals surface area (Å²) in [6, 6.07) is 6.59. The van der Waals surface area contributed by atoms with E-state index in [4.69, 9.17) is 4.74 Å². The van der Waals surface area contributed by atoms with E-state index in [1.165, 1.54) is 6.07 Å². The van der Waals surface area contributed by atoms with Gasteiger partial charge in [-0.05, 0) is 36.8 Å². The topological polar surface area (TPSA) is 58.6 Å². The van der Waals surface area contributed by atoms with Crippen LogP contribution in [0.5, 0.6) is 5.75 Å². The molecule has 0 unspecified atom stereocenters. The Kier molecular flexibility index (Phi) is 3.87. The first kappa shape index (κ1) is 12.9. The van der Waals surface area contributed by atoms with Gasteiger partial charge < -0.3 is 15.2 Å². The van der Waals surface area contributed by atoms with Gasteiger partial charge in [0, 0.05) is 20.3 Å². The van der Waals surface area contributed by atoms with Crippen LogP contribution in [0, 0.1) is 5.41 Å². The van der Waals surface area contributed by atoms with Crippen LogP contribution in [-0.2, 0) is 4.74 Å². The van der Waals surface area contributed by atoms with Gasteiger partial charge in [0.25, 0.3) is 5.91 Å². The molecule has 4 heteroatoms. The lowest BCUT2D eigenvalue weighted by Crippen LogP contribution is -2.30. The molecule has 0 spiro atoms. The number of carbonyl (C=O) groups is 1. The van der Waals surface area contributed by atoms with E-state index in [2.05, 4.69) is 5.32 Å². The second kappa shape index (κ2) is 5.40. The average Bonchev–Trinajstić information content (AvgIpc) is 3.15. The van der Waals surface area contributed by atoms with Crippen molar-refractivity contribution in [3.05, 3.63) is 29.8 Å². The second-order valence-electron chi connectivity index (χ2n) is 4.94. The van der Waals surface area contributed by atoms with Crippen molar-refractivity contribution in [1.82, 2.24) is 5.32 Å². The third-order valence-electron chi connectivity index (χ3n) is 3.57. The minimum atomic E-state index is -0.211. The van der Waals surface area contributed by atoms with E-state index in [1.54, 1.807) is 25.3 Å². The van der Waals surface area contributed by atoms with Crippen LogP contribution in [-0.4, -0.2) is 31.3 Å². The van der Waals surface area contributed by atoms with Crippen molar-refractivity contribution in [2.45, 2.75) is 19.3 Å². The molecule has 18 heavy (non-hydrogen) atoms. The van der Waals surface area contributed by atoms with Gasteiger partial charge in [-0.2, -0.15) is 0 Å². The third-order valence-corrected chi connectivity index (χ3v) is 3.57. The number of methoxy groups -OCH3 is 1. The number of rotatable bonds is 6. The summed E-state index contributed by atoms with van der Waals surface area (Å²) < 4.78 is 5.08. The number of benzene rings is 1. The molecule has 4 nitrogen and oxygen atoms in total. The maximum absolute atomic E-state index is 11.9. The van der Waals surface area contributed by atoms with Gasteiger partial charge in [-0.1, -0.05) is 12.1 Å². The summed E-state index contributed by atoms with van der Waals surface area (Å²) in [6.07, 6.45) is 3.25. The fourth-order valence-electron chi connectivity index (χ4n) is 2.04. The zero-order chi connectivity index (χ0) is 13.0. The first-order valence-electron chi connectivity index (χ1n) is 6.22. The molecule has 2 rings (SSSR count). The molecule has 98 valence electrons. The zero-order valence-electron chi connectivity index (χ0n) is 10.6. The zero-order valence-corrected chi connectivity index (χ0v) is 10.6. The molecule has 1 saturated carbocycles. The van der Waals surface area contributed by atoms with Gasteiger partial charge in [0.15, 0.2) is 0 Å². The van der Waals surface area contributed by atoms with Crippen molar-refractivity contribution in [3.8, 4) is 5.75 Å². The second-order valence-corrected chi connectivity index (χ2v) is 4.94. The van der Waals surface area contributed by atoms with E-state index in [0.717, 1.165) is 25.9 Å². The summed E-state index contributed by atoms with van der Waals surface area (Å²) in [4.78, 5) is 11.9. The largest absolute Gasteiger partial charge is 0.507 e. The van der Waals surface area contributed by atoms with Crippen molar-refractivity contribution >= 4 is 5.91 Å². The van der Waals surface area contributed by atoms with Crippen molar-refractivity contribution < 1.29 is 14.6 Å². The van der Waals surface area contributed by atoms with Crippen molar-refractivity contribution in [3.63, 3.8) is 0 Å². The highest BCUT2D eigenvalue weighted by Gasteiger charge is 2.42. The molecule has 0 aromatic heterocycles. The highest BCUT2D eigenvalue weighted by Crippen LogP contribution is 2.48. The lowest BCUT2D eigenvalue weighted by atomic mass is 10.0. The van der Waals surface area contributed by atoms with E-state index >= 15 is 0 Å². The normalized spacial score (nSPS) is 16.3. The lowest BCUT2D eigenvalue weighted by molar-refractivity contribution is 0.0935. The Balaban J connectivity index is 1.87.